The molecule has 30 heavy (non-hydrogen) atoms. The van der Waals surface area contributed by atoms with E-state index in [1.807, 2.05) is 38.1 Å². The minimum atomic E-state index is -0.558. The van der Waals surface area contributed by atoms with Crippen molar-refractivity contribution in [1.82, 2.24) is 10.2 Å². The molecule has 0 saturated carbocycles. The average Bonchev–Trinajstić information content (AvgIpc) is 2.72. The lowest BCUT2D eigenvalue weighted by Crippen LogP contribution is -2.49. The van der Waals surface area contributed by atoms with Gasteiger partial charge in [-0.3, -0.25) is 9.59 Å². The second-order valence-electron chi connectivity index (χ2n) is 7.45. The van der Waals surface area contributed by atoms with Gasteiger partial charge in [-0.2, -0.15) is 0 Å². The van der Waals surface area contributed by atoms with E-state index in [-0.39, 0.29) is 18.2 Å². The zero-order valence-corrected chi connectivity index (χ0v) is 19.4. The minimum absolute atomic E-state index is 0.0448. The van der Waals surface area contributed by atoms with Gasteiger partial charge in [-0.05, 0) is 43.0 Å². The fourth-order valence-electron chi connectivity index (χ4n) is 3.27. The molecule has 0 unspecified atom stereocenters. The summed E-state index contributed by atoms with van der Waals surface area (Å²) in [5, 5.41) is 3.87. The van der Waals surface area contributed by atoms with Crippen molar-refractivity contribution >= 4 is 35.0 Å². The maximum absolute atomic E-state index is 13.4. The maximum atomic E-state index is 13.4. The van der Waals surface area contributed by atoms with Crippen molar-refractivity contribution in [1.29, 1.82) is 0 Å². The van der Waals surface area contributed by atoms with Crippen LogP contribution in [0.15, 0.2) is 42.5 Å². The van der Waals surface area contributed by atoms with Crippen LogP contribution in [0.25, 0.3) is 0 Å². The van der Waals surface area contributed by atoms with Crippen LogP contribution in [0.2, 0.25) is 10.0 Å². The number of benzene rings is 2. The summed E-state index contributed by atoms with van der Waals surface area (Å²) in [6, 6.07) is 12.6. The summed E-state index contributed by atoms with van der Waals surface area (Å²) in [7, 11) is 0. The van der Waals surface area contributed by atoms with Crippen LogP contribution in [-0.4, -0.2) is 29.3 Å². The molecule has 1 N–H and O–H groups in total. The van der Waals surface area contributed by atoms with Gasteiger partial charge in [0.1, 0.15) is 6.04 Å². The van der Waals surface area contributed by atoms with E-state index in [2.05, 4.69) is 12.2 Å². The molecule has 0 heterocycles. The highest BCUT2D eigenvalue weighted by molar-refractivity contribution is 6.36. The standard InChI is InChI=1S/C24H30Cl2N2O2/c1-4-6-14-27-24(30)22(5-2)28(16-18-12-10-17(3)11-13-18)23(29)15-19-20(25)8-7-9-21(19)26/h7-13,22H,4-6,14-16H2,1-3H3,(H,27,30)/t22-/m0/s1. The average molecular weight is 449 g/mol. The summed E-state index contributed by atoms with van der Waals surface area (Å²) in [4.78, 5) is 27.9. The molecule has 2 aromatic carbocycles. The van der Waals surface area contributed by atoms with E-state index in [0.29, 0.717) is 35.1 Å². The third-order valence-electron chi connectivity index (χ3n) is 5.08. The highest BCUT2D eigenvalue weighted by atomic mass is 35.5. The number of aryl methyl sites for hydroxylation is 1. The molecule has 0 aliphatic heterocycles. The van der Waals surface area contributed by atoms with Crippen molar-refractivity contribution in [3.8, 4) is 0 Å². The van der Waals surface area contributed by atoms with Gasteiger partial charge in [-0.1, -0.05) is 79.4 Å². The Hall–Kier alpha value is -2.04. The predicted octanol–water partition coefficient (Wildman–Crippen LogP) is 5.57. The third-order valence-corrected chi connectivity index (χ3v) is 5.79. The molecule has 0 aliphatic rings. The number of unbranched alkanes of at least 4 members (excludes halogenated alkanes) is 1. The van der Waals surface area contributed by atoms with Gasteiger partial charge in [0.15, 0.2) is 0 Å². The Kier molecular flexibility index (Phi) is 9.67. The quantitative estimate of drug-likeness (QED) is 0.483. The second kappa shape index (κ2) is 12.0. The van der Waals surface area contributed by atoms with Crippen molar-refractivity contribution in [2.24, 2.45) is 0 Å². The fourth-order valence-corrected chi connectivity index (χ4v) is 3.80. The largest absolute Gasteiger partial charge is 0.354 e. The minimum Gasteiger partial charge on any atom is -0.354 e. The zero-order valence-electron chi connectivity index (χ0n) is 17.9. The van der Waals surface area contributed by atoms with Gasteiger partial charge >= 0.3 is 0 Å². The highest BCUT2D eigenvalue weighted by Crippen LogP contribution is 2.26. The van der Waals surface area contributed by atoms with Crippen LogP contribution in [0, 0.1) is 6.92 Å². The number of nitrogens with one attached hydrogen (secondary N) is 1. The third kappa shape index (κ3) is 6.75. The van der Waals surface area contributed by atoms with Gasteiger partial charge < -0.3 is 10.2 Å². The summed E-state index contributed by atoms with van der Waals surface area (Å²) in [6.45, 7) is 6.96. The van der Waals surface area contributed by atoms with Crippen LogP contribution in [0.5, 0.6) is 0 Å². The van der Waals surface area contributed by atoms with Gasteiger partial charge in [0.25, 0.3) is 0 Å². The van der Waals surface area contributed by atoms with Gasteiger partial charge in [0, 0.05) is 23.1 Å². The Morgan fingerprint density at radius 3 is 2.23 bits per heavy atom. The number of amides is 2. The van der Waals surface area contributed by atoms with Gasteiger partial charge in [0.2, 0.25) is 11.8 Å². The van der Waals surface area contributed by atoms with Crippen LogP contribution in [0.3, 0.4) is 0 Å². The molecule has 0 fully saturated rings. The fraction of sp³-hybridized carbons (Fsp3) is 0.417. The molecule has 2 aromatic rings. The molecule has 6 heteroatoms. The normalized spacial score (nSPS) is 11.8. The lowest BCUT2D eigenvalue weighted by molar-refractivity contribution is -0.140. The van der Waals surface area contributed by atoms with Crippen LogP contribution in [-0.2, 0) is 22.6 Å². The van der Waals surface area contributed by atoms with E-state index in [4.69, 9.17) is 23.2 Å². The first-order valence-electron chi connectivity index (χ1n) is 10.4. The molecular formula is C24H30Cl2N2O2. The van der Waals surface area contributed by atoms with Crippen LogP contribution >= 0.6 is 23.2 Å². The molecule has 162 valence electrons. The molecule has 1 atom stereocenters. The maximum Gasteiger partial charge on any atom is 0.242 e. The molecule has 4 nitrogen and oxygen atoms in total. The summed E-state index contributed by atoms with van der Waals surface area (Å²) in [6.07, 6.45) is 2.46. The lowest BCUT2D eigenvalue weighted by atomic mass is 10.1. The highest BCUT2D eigenvalue weighted by Gasteiger charge is 2.29. The Morgan fingerprint density at radius 1 is 1.03 bits per heavy atom. The molecule has 0 spiro atoms. The Labute approximate surface area is 189 Å². The smallest absolute Gasteiger partial charge is 0.242 e. The number of carbonyl (C=O) groups is 2. The first kappa shape index (κ1) is 24.2. The van der Waals surface area contributed by atoms with E-state index in [9.17, 15) is 9.59 Å². The summed E-state index contributed by atoms with van der Waals surface area (Å²) >= 11 is 12.6. The lowest BCUT2D eigenvalue weighted by Gasteiger charge is -2.31. The van der Waals surface area contributed by atoms with E-state index in [0.717, 1.165) is 24.0 Å². The monoisotopic (exact) mass is 448 g/mol. The van der Waals surface area contributed by atoms with Crippen molar-refractivity contribution in [2.75, 3.05) is 6.54 Å². The van der Waals surface area contributed by atoms with Gasteiger partial charge in [-0.25, -0.2) is 0 Å². The molecule has 0 saturated heterocycles. The van der Waals surface area contributed by atoms with Crippen molar-refractivity contribution in [3.05, 3.63) is 69.2 Å². The Morgan fingerprint density at radius 2 is 1.67 bits per heavy atom. The summed E-state index contributed by atoms with van der Waals surface area (Å²) in [5.74, 6) is -0.306. The number of rotatable bonds is 10. The van der Waals surface area contributed by atoms with Crippen LogP contribution < -0.4 is 5.32 Å². The van der Waals surface area contributed by atoms with Crippen molar-refractivity contribution < 1.29 is 9.59 Å². The first-order chi connectivity index (χ1) is 14.4. The molecular weight excluding hydrogens is 419 g/mol. The molecule has 0 bridgehead atoms. The first-order valence-corrected chi connectivity index (χ1v) is 11.2. The molecule has 0 aliphatic carbocycles. The Balaban J connectivity index is 2.29. The summed E-state index contributed by atoms with van der Waals surface area (Å²) in [5.41, 5.74) is 2.70. The number of hydrogen-bond acceptors (Lipinski definition) is 2. The van der Waals surface area contributed by atoms with Crippen LogP contribution in [0.4, 0.5) is 0 Å². The molecule has 2 amide bonds. The number of nitrogens with zero attached hydrogens (tertiary/aromatic N) is 1. The van der Waals surface area contributed by atoms with E-state index < -0.39 is 6.04 Å². The molecule has 2 rings (SSSR count). The van der Waals surface area contributed by atoms with E-state index in [1.54, 1.807) is 23.1 Å². The van der Waals surface area contributed by atoms with Crippen molar-refractivity contribution in [3.63, 3.8) is 0 Å². The number of carbonyl (C=O) groups excluding carboxylic acids is 2. The topological polar surface area (TPSA) is 49.4 Å². The second-order valence-corrected chi connectivity index (χ2v) is 8.27. The van der Waals surface area contributed by atoms with Crippen LogP contribution in [0.1, 0.15) is 49.8 Å². The molecule has 0 radical (unpaired) electrons. The summed E-state index contributed by atoms with van der Waals surface area (Å²) < 4.78 is 0. The Bertz CT molecular complexity index is 833. The van der Waals surface area contributed by atoms with Gasteiger partial charge in [-0.15, -0.1) is 0 Å². The van der Waals surface area contributed by atoms with E-state index >= 15 is 0 Å². The predicted molar refractivity (Wildman–Crippen MR) is 124 cm³/mol. The van der Waals surface area contributed by atoms with E-state index in [1.165, 1.54) is 0 Å². The van der Waals surface area contributed by atoms with Gasteiger partial charge in [0.05, 0.1) is 6.42 Å². The number of hydrogen-bond donors (Lipinski definition) is 1. The SMILES string of the molecule is CCCCNC(=O)[C@H](CC)N(Cc1ccc(C)cc1)C(=O)Cc1c(Cl)cccc1Cl. The molecule has 0 aromatic heterocycles. The zero-order chi connectivity index (χ0) is 22.1. The number of halogens is 2. The van der Waals surface area contributed by atoms with Crippen molar-refractivity contribution in [2.45, 2.75) is 59.0 Å².